The van der Waals surface area contributed by atoms with Crippen molar-refractivity contribution >= 4 is 16.4 Å². The molecule has 0 aliphatic heterocycles. The van der Waals surface area contributed by atoms with Crippen molar-refractivity contribution in [2.75, 3.05) is 6.79 Å². The fourth-order valence-electron chi connectivity index (χ4n) is 0.619. The number of hydrogen-bond donors (Lipinski definition) is 1. The van der Waals surface area contributed by atoms with Crippen LogP contribution in [-0.2, 0) is 28.3 Å². The molecule has 0 aliphatic rings. The highest BCUT2D eigenvalue weighted by molar-refractivity contribution is 7.81. The SMILES string of the molecule is C=C(C)C(=O)OCOS(=O)(=O)OC(C)(C)CC.N. The van der Waals surface area contributed by atoms with E-state index >= 15 is 0 Å². The molecule has 0 saturated heterocycles. The number of rotatable bonds is 7. The van der Waals surface area contributed by atoms with E-state index in [9.17, 15) is 13.2 Å². The summed E-state index contributed by atoms with van der Waals surface area (Å²) < 4.78 is 36.2. The maximum atomic E-state index is 11.3. The van der Waals surface area contributed by atoms with Crippen LogP contribution in [0, 0.1) is 0 Å². The Morgan fingerprint density at radius 2 is 1.83 bits per heavy atom. The van der Waals surface area contributed by atoms with Crippen LogP contribution in [-0.4, -0.2) is 26.8 Å². The van der Waals surface area contributed by atoms with Crippen LogP contribution in [0.2, 0.25) is 0 Å². The molecule has 7 nitrogen and oxygen atoms in total. The molecule has 0 heterocycles. The normalized spacial score (nSPS) is 11.6. The van der Waals surface area contributed by atoms with E-state index in [2.05, 4.69) is 15.5 Å². The third kappa shape index (κ3) is 8.18. The Balaban J connectivity index is 0. The molecule has 0 amide bonds. The van der Waals surface area contributed by atoms with Crippen molar-refractivity contribution < 1.29 is 26.3 Å². The van der Waals surface area contributed by atoms with Crippen LogP contribution in [0.1, 0.15) is 34.1 Å². The van der Waals surface area contributed by atoms with Crippen molar-refractivity contribution in [1.29, 1.82) is 0 Å². The zero-order chi connectivity index (χ0) is 13.7. The molecule has 108 valence electrons. The molecule has 8 heteroatoms. The molecular weight excluding hydrogens is 262 g/mol. The summed E-state index contributed by atoms with van der Waals surface area (Å²) in [7, 11) is -4.18. The van der Waals surface area contributed by atoms with Crippen molar-refractivity contribution in [3.8, 4) is 0 Å². The lowest BCUT2D eigenvalue weighted by molar-refractivity contribution is -0.145. The third-order valence-corrected chi connectivity index (χ3v) is 2.95. The number of hydrogen-bond acceptors (Lipinski definition) is 7. The lowest BCUT2D eigenvalue weighted by Crippen LogP contribution is -2.29. The van der Waals surface area contributed by atoms with E-state index in [0.717, 1.165) is 0 Å². The van der Waals surface area contributed by atoms with Crippen molar-refractivity contribution in [3.05, 3.63) is 12.2 Å². The highest BCUT2D eigenvalue weighted by Crippen LogP contribution is 2.17. The summed E-state index contributed by atoms with van der Waals surface area (Å²) in [5.41, 5.74) is -0.710. The molecule has 0 saturated carbocycles. The second-order valence-corrected chi connectivity index (χ2v) is 5.27. The molecule has 0 rings (SSSR count). The Hall–Kier alpha value is -0.960. The van der Waals surface area contributed by atoms with Gasteiger partial charge >= 0.3 is 16.4 Å². The summed E-state index contributed by atoms with van der Waals surface area (Å²) in [6.45, 7) is 9.03. The minimum Gasteiger partial charge on any atom is -0.434 e. The van der Waals surface area contributed by atoms with Gasteiger partial charge in [-0.25, -0.2) is 13.2 Å². The van der Waals surface area contributed by atoms with Gasteiger partial charge in [0, 0.05) is 5.57 Å². The molecule has 0 radical (unpaired) electrons. The Kier molecular flexibility index (Phi) is 8.04. The van der Waals surface area contributed by atoms with Crippen LogP contribution in [0.3, 0.4) is 0 Å². The van der Waals surface area contributed by atoms with Crippen molar-refractivity contribution in [2.24, 2.45) is 0 Å². The van der Waals surface area contributed by atoms with Crippen molar-refractivity contribution in [1.82, 2.24) is 6.15 Å². The lowest BCUT2D eigenvalue weighted by Gasteiger charge is -2.21. The largest absolute Gasteiger partial charge is 0.434 e. The average Bonchev–Trinajstić information content (AvgIpc) is 2.15. The van der Waals surface area contributed by atoms with Gasteiger partial charge in [-0.2, -0.15) is 8.42 Å². The van der Waals surface area contributed by atoms with Gasteiger partial charge in [-0.15, -0.1) is 0 Å². The molecule has 0 fully saturated rings. The van der Waals surface area contributed by atoms with E-state index in [1.807, 2.05) is 0 Å². The molecule has 3 N–H and O–H groups in total. The van der Waals surface area contributed by atoms with E-state index in [1.165, 1.54) is 6.92 Å². The number of ether oxygens (including phenoxy) is 1. The molecular formula is C10H21NO6S. The Labute approximate surface area is 108 Å². The fourth-order valence-corrected chi connectivity index (χ4v) is 1.50. The van der Waals surface area contributed by atoms with E-state index < -0.39 is 28.8 Å². The first-order chi connectivity index (χ1) is 7.59. The fraction of sp³-hybridized carbons (Fsp3) is 0.700. The third-order valence-electron chi connectivity index (χ3n) is 1.91. The molecule has 0 aliphatic carbocycles. The van der Waals surface area contributed by atoms with Gasteiger partial charge in [-0.3, -0.25) is 0 Å². The molecule has 0 bridgehead atoms. The zero-order valence-corrected chi connectivity index (χ0v) is 12.0. The summed E-state index contributed by atoms with van der Waals surface area (Å²) in [4.78, 5) is 10.9. The Morgan fingerprint density at radius 3 is 2.22 bits per heavy atom. The maximum absolute atomic E-state index is 11.3. The van der Waals surface area contributed by atoms with Crippen LogP contribution < -0.4 is 6.15 Å². The maximum Gasteiger partial charge on any atom is 0.403 e. The van der Waals surface area contributed by atoms with Gasteiger partial charge in [0.25, 0.3) is 0 Å². The minimum atomic E-state index is -4.18. The summed E-state index contributed by atoms with van der Waals surface area (Å²) in [6.07, 6.45) is 0.487. The second-order valence-electron chi connectivity index (χ2n) is 4.05. The molecule has 0 atom stereocenters. The van der Waals surface area contributed by atoms with Gasteiger partial charge in [-0.1, -0.05) is 13.5 Å². The van der Waals surface area contributed by atoms with Crippen molar-refractivity contribution in [2.45, 2.75) is 39.7 Å². The van der Waals surface area contributed by atoms with Crippen LogP contribution >= 0.6 is 0 Å². The van der Waals surface area contributed by atoms with Crippen LogP contribution in [0.25, 0.3) is 0 Å². The minimum absolute atomic E-state index is 0. The van der Waals surface area contributed by atoms with Gasteiger partial charge in [0.05, 0.1) is 5.60 Å². The predicted molar refractivity (Wildman–Crippen MR) is 66.3 cm³/mol. The Morgan fingerprint density at radius 1 is 1.33 bits per heavy atom. The summed E-state index contributed by atoms with van der Waals surface area (Å²) in [6, 6.07) is 0. The smallest absolute Gasteiger partial charge is 0.403 e. The topological polar surface area (TPSA) is 114 Å². The first kappa shape index (κ1) is 19.4. The predicted octanol–water partition coefficient (Wildman–Crippen LogP) is 1.69. The summed E-state index contributed by atoms with van der Waals surface area (Å²) in [5, 5.41) is 0. The quantitative estimate of drug-likeness (QED) is 0.429. The molecule has 0 aromatic rings. The molecule has 0 aromatic carbocycles. The highest BCUT2D eigenvalue weighted by atomic mass is 32.3. The van der Waals surface area contributed by atoms with E-state index in [1.54, 1.807) is 20.8 Å². The molecule has 0 unspecified atom stereocenters. The standard InChI is InChI=1S/C10H18O6S.H3N/c1-6-10(4,5)16-17(12,13)15-7-14-9(11)8(2)3;/h2,6-7H2,1,3-5H3;1H3. The second kappa shape index (κ2) is 7.47. The lowest BCUT2D eigenvalue weighted by atomic mass is 10.1. The van der Waals surface area contributed by atoms with Crippen molar-refractivity contribution in [3.63, 3.8) is 0 Å². The van der Waals surface area contributed by atoms with Gasteiger partial charge in [0.1, 0.15) is 0 Å². The van der Waals surface area contributed by atoms with E-state index in [4.69, 9.17) is 4.18 Å². The molecule has 18 heavy (non-hydrogen) atoms. The van der Waals surface area contributed by atoms with Gasteiger partial charge in [0.2, 0.25) is 6.79 Å². The van der Waals surface area contributed by atoms with Gasteiger partial charge < -0.3 is 10.9 Å². The first-order valence-corrected chi connectivity index (χ1v) is 6.35. The number of carbonyl (C=O) groups excluding carboxylic acids is 1. The van der Waals surface area contributed by atoms with Crippen LogP contribution in [0.4, 0.5) is 0 Å². The van der Waals surface area contributed by atoms with Crippen LogP contribution in [0.15, 0.2) is 12.2 Å². The summed E-state index contributed by atoms with van der Waals surface area (Å²) >= 11 is 0. The number of esters is 1. The molecule has 0 aromatic heterocycles. The Bertz CT molecular complexity index is 387. The highest BCUT2D eigenvalue weighted by Gasteiger charge is 2.26. The first-order valence-electron chi connectivity index (χ1n) is 5.02. The van der Waals surface area contributed by atoms with E-state index in [-0.39, 0.29) is 11.7 Å². The number of carbonyl (C=O) groups is 1. The monoisotopic (exact) mass is 283 g/mol. The average molecular weight is 283 g/mol. The van der Waals surface area contributed by atoms with Gasteiger partial charge in [-0.05, 0) is 27.2 Å². The van der Waals surface area contributed by atoms with Crippen LogP contribution in [0.5, 0.6) is 0 Å². The van der Waals surface area contributed by atoms with Gasteiger partial charge in [0.15, 0.2) is 0 Å². The summed E-state index contributed by atoms with van der Waals surface area (Å²) in [5.74, 6) is -0.727. The van der Waals surface area contributed by atoms with E-state index in [0.29, 0.717) is 6.42 Å². The molecule has 0 spiro atoms. The zero-order valence-electron chi connectivity index (χ0n) is 11.2.